The van der Waals surface area contributed by atoms with Crippen molar-refractivity contribution < 1.29 is 9.53 Å². The minimum absolute atomic E-state index is 0.249. The summed E-state index contributed by atoms with van der Waals surface area (Å²) in [6, 6.07) is 7.56. The molecule has 1 amide bonds. The lowest BCUT2D eigenvalue weighted by Gasteiger charge is -2.30. The number of benzene rings is 1. The fourth-order valence-electron chi connectivity index (χ4n) is 2.15. The summed E-state index contributed by atoms with van der Waals surface area (Å²) in [4.78, 5) is 18.3. The zero-order valence-corrected chi connectivity index (χ0v) is 12.9. The summed E-state index contributed by atoms with van der Waals surface area (Å²) < 4.78 is 5.38. The Bertz CT molecular complexity index is 537. The van der Waals surface area contributed by atoms with E-state index in [-0.39, 0.29) is 6.09 Å². The molecule has 0 saturated carbocycles. The number of hydrogen-bond donors (Lipinski definition) is 1. The van der Waals surface area contributed by atoms with Gasteiger partial charge in [0.1, 0.15) is 5.60 Å². The summed E-state index contributed by atoms with van der Waals surface area (Å²) in [5, 5.41) is 0. The minimum Gasteiger partial charge on any atom is -0.444 e. The van der Waals surface area contributed by atoms with Crippen molar-refractivity contribution in [2.24, 2.45) is 4.99 Å². The fraction of sp³-hybridized carbons (Fsp3) is 0.500. The van der Waals surface area contributed by atoms with E-state index in [0.29, 0.717) is 18.8 Å². The van der Waals surface area contributed by atoms with Crippen LogP contribution in [0.25, 0.3) is 0 Å². The molecule has 114 valence electrons. The lowest BCUT2D eigenvalue weighted by atomic mass is 10.1. The van der Waals surface area contributed by atoms with Crippen molar-refractivity contribution >= 4 is 23.2 Å². The summed E-state index contributed by atoms with van der Waals surface area (Å²) in [6.45, 7) is 6.90. The molecule has 0 bridgehead atoms. The van der Waals surface area contributed by atoms with E-state index in [1.54, 1.807) is 4.90 Å². The third-order valence-corrected chi connectivity index (χ3v) is 3.21. The van der Waals surface area contributed by atoms with E-state index in [1.165, 1.54) is 0 Å². The molecule has 1 fully saturated rings. The molecule has 0 spiro atoms. The normalized spacial score (nSPS) is 15.8. The molecule has 5 heteroatoms. The highest BCUT2D eigenvalue weighted by Gasteiger charge is 2.25. The number of carbonyl (C=O) groups excluding carboxylic acids is 1. The van der Waals surface area contributed by atoms with E-state index in [9.17, 15) is 4.79 Å². The second-order valence-electron chi connectivity index (χ2n) is 6.20. The fourth-order valence-corrected chi connectivity index (χ4v) is 2.15. The van der Waals surface area contributed by atoms with Crippen LogP contribution in [0.5, 0.6) is 0 Å². The van der Waals surface area contributed by atoms with Gasteiger partial charge in [-0.15, -0.1) is 0 Å². The van der Waals surface area contributed by atoms with Gasteiger partial charge in [-0.1, -0.05) is 12.1 Å². The van der Waals surface area contributed by atoms with Crippen LogP contribution in [0, 0.1) is 0 Å². The Labute approximate surface area is 125 Å². The van der Waals surface area contributed by atoms with Gasteiger partial charge in [-0.05, 0) is 32.9 Å². The molecule has 0 unspecified atom stereocenters. The monoisotopic (exact) mass is 289 g/mol. The predicted molar refractivity (Wildman–Crippen MR) is 85.0 cm³/mol. The van der Waals surface area contributed by atoms with Gasteiger partial charge in [0, 0.05) is 31.6 Å². The van der Waals surface area contributed by atoms with Gasteiger partial charge in [-0.2, -0.15) is 0 Å². The van der Waals surface area contributed by atoms with Crippen LogP contribution in [0.15, 0.2) is 29.3 Å². The van der Waals surface area contributed by atoms with Gasteiger partial charge >= 0.3 is 6.09 Å². The summed E-state index contributed by atoms with van der Waals surface area (Å²) in [7, 11) is 0. The summed E-state index contributed by atoms with van der Waals surface area (Å²) >= 11 is 0. The van der Waals surface area contributed by atoms with Crippen molar-refractivity contribution in [3.05, 3.63) is 24.3 Å². The van der Waals surface area contributed by atoms with Gasteiger partial charge in [0.15, 0.2) is 0 Å². The van der Waals surface area contributed by atoms with Gasteiger partial charge in [0.25, 0.3) is 0 Å². The number of ether oxygens (including phenoxy) is 1. The number of anilines is 1. The average molecular weight is 289 g/mol. The number of amides is 1. The van der Waals surface area contributed by atoms with Gasteiger partial charge in [0.05, 0.1) is 11.4 Å². The molecule has 0 radical (unpaired) electrons. The van der Waals surface area contributed by atoms with Crippen molar-refractivity contribution in [2.75, 3.05) is 18.8 Å². The number of likely N-dealkylation sites (tertiary alicyclic amines) is 1. The van der Waals surface area contributed by atoms with Crippen molar-refractivity contribution in [3.8, 4) is 0 Å². The molecule has 1 saturated heterocycles. The van der Waals surface area contributed by atoms with E-state index in [4.69, 9.17) is 10.5 Å². The lowest BCUT2D eigenvalue weighted by molar-refractivity contribution is 0.0249. The zero-order chi connectivity index (χ0) is 15.5. The number of carbonyl (C=O) groups is 1. The summed E-state index contributed by atoms with van der Waals surface area (Å²) in [5.74, 6) is 0. The van der Waals surface area contributed by atoms with Crippen molar-refractivity contribution in [2.45, 2.75) is 39.2 Å². The standard InChI is InChI=1S/C16H23N3O2/c1-16(2,3)21-15(20)19-10-8-12(9-11-19)18-14-7-5-4-6-13(14)17/h4-7H,8-11,17H2,1-3H3. The molecule has 1 heterocycles. The van der Waals surface area contributed by atoms with Crippen LogP contribution in [0.4, 0.5) is 16.2 Å². The first kappa shape index (κ1) is 15.4. The SMILES string of the molecule is CC(C)(C)OC(=O)N1CCC(=Nc2ccccc2N)CC1. The Hall–Kier alpha value is -2.04. The van der Waals surface area contributed by atoms with Crippen molar-refractivity contribution in [1.29, 1.82) is 0 Å². The van der Waals surface area contributed by atoms with Crippen LogP contribution in [0.2, 0.25) is 0 Å². The van der Waals surface area contributed by atoms with E-state index in [2.05, 4.69) is 4.99 Å². The molecule has 0 aromatic heterocycles. The maximum Gasteiger partial charge on any atom is 0.410 e. The van der Waals surface area contributed by atoms with Crippen LogP contribution in [0.3, 0.4) is 0 Å². The van der Waals surface area contributed by atoms with Crippen LogP contribution in [0.1, 0.15) is 33.6 Å². The smallest absolute Gasteiger partial charge is 0.410 e. The number of hydrogen-bond acceptors (Lipinski definition) is 4. The van der Waals surface area contributed by atoms with Crippen LogP contribution < -0.4 is 5.73 Å². The Kier molecular flexibility index (Phi) is 4.50. The van der Waals surface area contributed by atoms with E-state index < -0.39 is 5.60 Å². The van der Waals surface area contributed by atoms with E-state index in [1.807, 2.05) is 45.0 Å². The van der Waals surface area contributed by atoms with Gasteiger partial charge < -0.3 is 15.4 Å². The van der Waals surface area contributed by atoms with Crippen LogP contribution >= 0.6 is 0 Å². The molecular formula is C16H23N3O2. The largest absolute Gasteiger partial charge is 0.444 e. The third-order valence-electron chi connectivity index (χ3n) is 3.21. The first-order valence-corrected chi connectivity index (χ1v) is 7.24. The third kappa shape index (κ3) is 4.48. The molecule has 5 nitrogen and oxygen atoms in total. The molecule has 1 aromatic carbocycles. The van der Waals surface area contributed by atoms with E-state index >= 15 is 0 Å². The quantitative estimate of drug-likeness (QED) is 0.806. The lowest BCUT2D eigenvalue weighted by Crippen LogP contribution is -2.41. The molecule has 1 aromatic rings. The first-order chi connectivity index (χ1) is 9.85. The maximum atomic E-state index is 12.0. The highest BCUT2D eigenvalue weighted by molar-refractivity contribution is 5.90. The molecule has 21 heavy (non-hydrogen) atoms. The minimum atomic E-state index is -0.454. The van der Waals surface area contributed by atoms with E-state index in [0.717, 1.165) is 24.2 Å². The van der Waals surface area contributed by atoms with Crippen molar-refractivity contribution in [1.82, 2.24) is 4.90 Å². The number of nitrogens with zero attached hydrogens (tertiary/aromatic N) is 2. The van der Waals surface area contributed by atoms with Crippen molar-refractivity contribution in [3.63, 3.8) is 0 Å². The molecule has 1 aliphatic heterocycles. The molecule has 1 aliphatic rings. The number of piperidine rings is 1. The number of para-hydroxylation sites is 2. The highest BCUT2D eigenvalue weighted by atomic mass is 16.6. The number of nitrogen functional groups attached to an aromatic ring is 1. The maximum absolute atomic E-state index is 12.0. The summed E-state index contributed by atoms with van der Waals surface area (Å²) in [6.07, 6.45) is 1.27. The molecule has 2 rings (SSSR count). The average Bonchev–Trinajstić information content (AvgIpc) is 2.40. The topological polar surface area (TPSA) is 67.9 Å². The molecular weight excluding hydrogens is 266 g/mol. The zero-order valence-electron chi connectivity index (χ0n) is 12.9. The molecule has 0 atom stereocenters. The molecule has 2 N–H and O–H groups in total. The van der Waals surface area contributed by atoms with Gasteiger partial charge in [-0.25, -0.2) is 4.79 Å². The van der Waals surface area contributed by atoms with Gasteiger partial charge in [-0.3, -0.25) is 4.99 Å². The number of rotatable bonds is 1. The Morgan fingerprint density at radius 3 is 2.43 bits per heavy atom. The molecule has 0 aliphatic carbocycles. The van der Waals surface area contributed by atoms with Crippen LogP contribution in [-0.4, -0.2) is 35.4 Å². The van der Waals surface area contributed by atoms with Gasteiger partial charge in [0.2, 0.25) is 0 Å². The highest BCUT2D eigenvalue weighted by Crippen LogP contribution is 2.23. The summed E-state index contributed by atoms with van der Waals surface area (Å²) in [5.41, 5.74) is 8.00. The predicted octanol–water partition coefficient (Wildman–Crippen LogP) is 3.37. The second-order valence-corrected chi connectivity index (χ2v) is 6.20. The number of nitrogens with two attached hydrogens (primary N) is 1. The Balaban J connectivity index is 1.95. The Morgan fingerprint density at radius 1 is 1.24 bits per heavy atom. The first-order valence-electron chi connectivity index (χ1n) is 7.24. The number of aliphatic imine (C=N–C) groups is 1. The second kappa shape index (κ2) is 6.16. The van der Waals surface area contributed by atoms with Crippen LogP contribution in [-0.2, 0) is 4.74 Å². The Morgan fingerprint density at radius 2 is 1.86 bits per heavy atom.